The lowest BCUT2D eigenvalue weighted by atomic mass is 10.2. The monoisotopic (exact) mass is 305 g/mol. The average molecular weight is 305 g/mol. The molecule has 0 heterocycles. The van der Waals surface area contributed by atoms with Gasteiger partial charge in [-0.25, -0.2) is 0 Å². The van der Waals surface area contributed by atoms with E-state index in [1.54, 1.807) is 26.2 Å². The Kier molecular flexibility index (Phi) is 10.5. The highest BCUT2D eigenvalue weighted by molar-refractivity contribution is 7.80. The first-order valence-corrected chi connectivity index (χ1v) is 7.07. The van der Waals surface area contributed by atoms with Crippen LogP contribution in [0.3, 0.4) is 0 Å². The predicted molar refractivity (Wildman–Crippen MR) is 83.8 cm³/mol. The van der Waals surface area contributed by atoms with E-state index in [1.165, 1.54) is 0 Å². The van der Waals surface area contributed by atoms with Crippen LogP contribution >= 0.6 is 12.2 Å². The van der Waals surface area contributed by atoms with E-state index in [2.05, 4.69) is 0 Å². The van der Waals surface area contributed by atoms with E-state index in [9.17, 15) is 4.79 Å². The third kappa shape index (κ3) is 8.42. The van der Waals surface area contributed by atoms with Crippen molar-refractivity contribution < 1.29 is 14.3 Å². The zero-order chi connectivity index (χ0) is 15.5. The minimum atomic E-state index is 0.0420. The quantitative estimate of drug-likeness (QED) is 0.546. The first kappa shape index (κ1) is 19.2. The lowest BCUT2D eigenvalue weighted by Gasteiger charge is -2.29. The van der Waals surface area contributed by atoms with Gasteiger partial charge in [0.15, 0.2) is 0 Å². The Morgan fingerprint density at radius 1 is 1.30 bits per heavy atom. The van der Waals surface area contributed by atoms with Gasteiger partial charge in [0.05, 0.1) is 24.7 Å². The van der Waals surface area contributed by atoms with E-state index in [4.69, 9.17) is 27.4 Å². The molecule has 7 heteroatoms. The summed E-state index contributed by atoms with van der Waals surface area (Å²) in [5.41, 5.74) is 5.45. The van der Waals surface area contributed by atoms with Crippen LogP contribution in [-0.4, -0.2) is 80.9 Å². The van der Waals surface area contributed by atoms with Crippen molar-refractivity contribution in [2.75, 3.05) is 54.1 Å². The average Bonchev–Trinajstić information content (AvgIpc) is 2.40. The van der Waals surface area contributed by atoms with Gasteiger partial charge in [-0.2, -0.15) is 0 Å². The van der Waals surface area contributed by atoms with Gasteiger partial charge in [0.25, 0.3) is 0 Å². The summed E-state index contributed by atoms with van der Waals surface area (Å²) >= 11 is 4.82. The van der Waals surface area contributed by atoms with E-state index in [0.717, 1.165) is 0 Å². The molecule has 0 rings (SSSR count). The Morgan fingerprint density at radius 2 is 1.95 bits per heavy atom. The number of hydrogen-bond acceptors (Lipinski definition) is 5. The Balaban J connectivity index is 4.38. The first-order valence-electron chi connectivity index (χ1n) is 6.66. The van der Waals surface area contributed by atoms with Crippen molar-refractivity contribution >= 4 is 23.1 Å². The van der Waals surface area contributed by atoms with Crippen molar-refractivity contribution in [2.24, 2.45) is 5.73 Å². The molecule has 0 aliphatic carbocycles. The van der Waals surface area contributed by atoms with Gasteiger partial charge in [-0.05, 0) is 6.92 Å². The van der Waals surface area contributed by atoms with Gasteiger partial charge >= 0.3 is 0 Å². The summed E-state index contributed by atoms with van der Waals surface area (Å²) in [7, 11) is 5.06. The Bertz CT molecular complexity index is 303. The fraction of sp³-hybridized carbons (Fsp3) is 0.846. The minimum absolute atomic E-state index is 0.0420. The number of hydrogen-bond donors (Lipinski definition) is 1. The van der Waals surface area contributed by atoms with E-state index < -0.39 is 0 Å². The lowest BCUT2D eigenvalue weighted by Crippen LogP contribution is -2.45. The van der Waals surface area contributed by atoms with Crippen LogP contribution in [0.2, 0.25) is 0 Å². The molecule has 0 saturated heterocycles. The number of nitrogens with two attached hydrogens (primary N) is 1. The molecule has 0 aromatic carbocycles. The second-order valence-electron chi connectivity index (χ2n) is 4.80. The Labute approximate surface area is 127 Å². The van der Waals surface area contributed by atoms with Gasteiger partial charge in [-0.3, -0.25) is 9.69 Å². The van der Waals surface area contributed by atoms with Crippen molar-refractivity contribution in [1.82, 2.24) is 9.80 Å². The maximum Gasteiger partial charge on any atom is 0.236 e. The number of methoxy groups -OCH3 is 2. The molecule has 0 aliphatic heterocycles. The number of carbonyl (C=O) groups is 1. The summed E-state index contributed by atoms with van der Waals surface area (Å²) in [4.78, 5) is 16.3. The maximum atomic E-state index is 12.2. The molecule has 6 nitrogen and oxygen atoms in total. The van der Waals surface area contributed by atoms with Crippen LogP contribution < -0.4 is 5.73 Å². The fourth-order valence-corrected chi connectivity index (χ4v) is 1.80. The summed E-state index contributed by atoms with van der Waals surface area (Å²) in [6, 6.07) is 0.156. The molecule has 0 saturated carbocycles. The SMILES string of the molecule is COCCN(CC(=O)N(C)CCC(N)=S)C(C)COC. The van der Waals surface area contributed by atoms with E-state index in [0.29, 0.717) is 44.3 Å². The fourth-order valence-electron chi connectivity index (χ4n) is 1.71. The summed E-state index contributed by atoms with van der Waals surface area (Å²) in [5, 5.41) is 0. The van der Waals surface area contributed by atoms with Gasteiger partial charge in [-0.1, -0.05) is 12.2 Å². The summed E-state index contributed by atoms with van der Waals surface area (Å²) in [6.45, 7) is 4.76. The molecule has 0 spiro atoms. The van der Waals surface area contributed by atoms with Crippen LogP contribution in [0.25, 0.3) is 0 Å². The highest BCUT2D eigenvalue weighted by Crippen LogP contribution is 2.02. The minimum Gasteiger partial charge on any atom is -0.393 e. The maximum absolute atomic E-state index is 12.2. The summed E-state index contributed by atoms with van der Waals surface area (Å²) in [6.07, 6.45) is 0.545. The highest BCUT2D eigenvalue weighted by atomic mass is 32.1. The van der Waals surface area contributed by atoms with Gasteiger partial charge in [0, 0.05) is 46.8 Å². The molecule has 118 valence electrons. The molecule has 1 amide bonds. The Hall–Kier alpha value is -0.760. The van der Waals surface area contributed by atoms with Gasteiger partial charge in [0.1, 0.15) is 0 Å². The molecular weight excluding hydrogens is 278 g/mol. The van der Waals surface area contributed by atoms with Crippen LogP contribution in [0.15, 0.2) is 0 Å². The highest BCUT2D eigenvalue weighted by Gasteiger charge is 2.19. The first-order chi connectivity index (χ1) is 9.42. The van der Waals surface area contributed by atoms with Crippen molar-refractivity contribution in [3.8, 4) is 0 Å². The zero-order valence-corrected chi connectivity index (χ0v) is 13.7. The molecular formula is C13H27N3O3S. The standard InChI is InChI=1S/C13H27N3O3S/c1-11(10-19-4)16(7-8-18-3)9-13(17)15(2)6-5-12(14)20/h11H,5-10H2,1-4H3,(H2,14,20). The van der Waals surface area contributed by atoms with E-state index in [-0.39, 0.29) is 11.9 Å². The van der Waals surface area contributed by atoms with Gasteiger partial charge < -0.3 is 20.1 Å². The van der Waals surface area contributed by atoms with Crippen molar-refractivity contribution in [3.05, 3.63) is 0 Å². The molecule has 0 bridgehead atoms. The predicted octanol–water partition coefficient (Wildman–Crippen LogP) is 0.104. The third-order valence-corrected chi connectivity index (χ3v) is 3.28. The second kappa shape index (κ2) is 11.0. The second-order valence-corrected chi connectivity index (χ2v) is 5.32. The number of ether oxygens (including phenoxy) is 2. The molecule has 2 N–H and O–H groups in total. The topological polar surface area (TPSA) is 68.0 Å². The number of nitrogens with zero attached hydrogens (tertiary/aromatic N) is 2. The van der Waals surface area contributed by atoms with E-state index in [1.807, 2.05) is 11.8 Å². The molecule has 0 aromatic heterocycles. The van der Waals surface area contributed by atoms with Gasteiger partial charge in [-0.15, -0.1) is 0 Å². The van der Waals surface area contributed by atoms with Crippen LogP contribution in [-0.2, 0) is 14.3 Å². The van der Waals surface area contributed by atoms with Crippen LogP contribution in [0.1, 0.15) is 13.3 Å². The summed E-state index contributed by atoms with van der Waals surface area (Å²) in [5.74, 6) is 0.0420. The number of likely N-dealkylation sites (N-methyl/N-ethyl adjacent to an activating group) is 1. The number of carbonyl (C=O) groups excluding carboxylic acids is 1. The molecule has 0 fully saturated rings. The van der Waals surface area contributed by atoms with Crippen molar-refractivity contribution in [1.29, 1.82) is 0 Å². The van der Waals surface area contributed by atoms with Crippen LogP contribution in [0.4, 0.5) is 0 Å². The van der Waals surface area contributed by atoms with Crippen molar-refractivity contribution in [2.45, 2.75) is 19.4 Å². The van der Waals surface area contributed by atoms with Crippen molar-refractivity contribution in [3.63, 3.8) is 0 Å². The van der Waals surface area contributed by atoms with Crippen LogP contribution in [0, 0.1) is 0 Å². The van der Waals surface area contributed by atoms with E-state index >= 15 is 0 Å². The van der Waals surface area contributed by atoms with Crippen LogP contribution in [0.5, 0.6) is 0 Å². The molecule has 0 radical (unpaired) electrons. The zero-order valence-electron chi connectivity index (χ0n) is 12.9. The van der Waals surface area contributed by atoms with Gasteiger partial charge in [0.2, 0.25) is 5.91 Å². The third-order valence-electron chi connectivity index (χ3n) is 3.07. The number of thiocarbonyl (C=S) groups is 1. The largest absolute Gasteiger partial charge is 0.393 e. The smallest absolute Gasteiger partial charge is 0.236 e. The molecule has 1 atom stereocenters. The summed E-state index contributed by atoms with van der Waals surface area (Å²) < 4.78 is 10.2. The lowest BCUT2D eigenvalue weighted by molar-refractivity contribution is -0.132. The molecule has 0 aromatic rings. The Morgan fingerprint density at radius 3 is 2.45 bits per heavy atom. The molecule has 1 unspecified atom stereocenters. The number of amides is 1. The normalized spacial score (nSPS) is 12.4. The number of rotatable bonds is 11. The molecule has 0 aliphatic rings. The molecule has 20 heavy (non-hydrogen) atoms.